The van der Waals surface area contributed by atoms with Crippen LogP contribution >= 0.6 is 0 Å². The van der Waals surface area contributed by atoms with Gasteiger partial charge >= 0.3 is 0 Å². The lowest BCUT2D eigenvalue weighted by Gasteiger charge is -2.47. The summed E-state index contributed by atoms with van der Waals surface area (Å²) < 4.78 is 1.98. The minimum Gasteiger partial charge on any atom is -0.357 e. The maximum absolute atomic E-state index is 4.64. The Morgan fingerprint density at radius 2 is 2.00 bits per heavy atom. The van der Waals surface area contributed by atoms with Gasteiger partial charge < -0.3 is 15.2 Å². The second-order valence-corrected chi connectivity index (χ2v) is 6.29. The van der Waals surface area contributed by atoms with Crippen molar-refractivity contribution in [2.75, 3.05) is 45.8 Å². The van der Waals surface area contributed by atoms with E-state index in [-0.39, 0.29) is 0 Å². The van der Waals surface area contributed by atoms with Crippen molar-refractivity contribution in [3.63, 3.8) is 0 Å². The highest BCUT2D eigenvalue weighted by molar-refractivity contribution is 5.79. The fraction of sp³-hybridized carbons (Fsp3) is 0.800. The molecule has 3 saturated heterocycles. The number of piperazine rings is 3. The molecule has 1 aromatic rings. The summed E-state index contributed by atoms with van der Waals surface area (Å²) in [6.45, 7) is 12.3. The van der Waals surface area contributed by atoms with Crippen LogP contribution in [0.25, 0.3) is 0 Å². The summed E-state index contributed by atoms with van der Waals surface area (Å²) in [5, 5.41) is 15.0. The minimum atomic E-state index is 0.535. The van der Waals surface area contributed by atoms with Gasteiger partial charge in [0.05, 0.1) is 0 Å². The Hall–Kier alpha value is -1.67. The summed E-state index contributed by atoms with van der Waals surface area (Å²) in [4.78, 5) is 9.78. The molecular formula is C15H28N8. The molecule has 128 valence electrons. The smallest absolute Gasteiger partial charge is 0.191 e. The topological polar surface area (TPSA) is 73.6 Å². The van der Waals surface area contributed by atoms with E-state index in [0.29, 0.717) is 12.6 Å². The lowest BCUT2D eigenvalue weighted by Crippen LogP contribution is -2.63. The number of nitrogens with one attached hydrogen (secondary N) is 2. The van der Waals surface area contributed by atoms with E-state index in [1.807, 2.05) is 18.5 Å². The van der Waals surface area contributed by atoms with Gasteiger partial charge in [-0.15, -0.1) is 10.2 Å². The number of aliphatic imine (C=N–C) groups is 1. The first-order valence-electron chi connectivity index (χ1n) is 8.51. The Morgan fingerprint density at radius 1 is 1.22 bits per heavy atom. The molecule has 0 aliphatic carbocycles. The van der Waals surface area contributed by atoms with Crippen LogP contribution in [-0.2, 0) is 13.6 Å². The molecule has 1 unspecified atom stereocenters. The number of guanidine groups is 1. The maximum atomic E-state index is 4.64. The number of fused-ring (bicyclic) bond motifs is 3. The van der Waals surface area contributed by atoms with Gasteiger partial charge in [-0.25, -0.2) is 4.99 Å². The summed E-state index contributed by atoms with van der Waals surface area (Å²) in [7, 11) is 1.97. The normalized spacial score (nSPS) is 27.3. The van der Waals surface area contributed by atoms with E-state index in [0.717, 1.165) is 37.2 Å². The van der Waals surface area contributed by atoms with Gasteiger partial charge in [0.2, 0.25) is 0 Å². The van der Waals surface area contributed by atoms with Crippen molar-refractivity contribution in [1.29, 1.82) is 0 Å². The zero-order chi connectivity index (χ0) is 16.2. The van der Waals surface area contributed by atoms with Crippen LogP contribution in [-0.4, -0.2) is 82.4 Å². The number of nitrogens with zero attached hydrogens (tertiary/aromatic N) is 6. The molecular weight excluding hydrogens is 292 g/mol. The number of hydrogen-bond donors (Lipinski definition) is 2. The van der Waals surface area contributed by atoms with Gasteiger partial charge in [-0.3, -0.25) is 9.80 Å². The van der Waals surface area contributed by atoms with Crippen molar-refractivity contribution in [3.05, 3.63) is 11.6 Å². The summed E-state index contributed by atoms with van der Waals surface area (Å²) in [6, 6.07) is 0.582. The first kappa shape index (κ1) is 16.2. The first-order valence-corrected chi connectivity index (χ1v) is 8.51. The molecule has 8 heteroatoms. The predicted molar refractivity (Wildman–Crippen MR) is 90.4 cm³/mol. The molecule has 1 atom stereocenters. The second-order valence-electron chi connectivity index (χ2n) is 6.29. The molecule has 0 amide bonds. The van der Waals surface area contributed by atoms with E-state index in [9.17, 15) is 0 Å². The molecule has 8 nitrogen and oxygen atoms in total. The van der Waals surface area contributed by atoms with Crippen molar-refractivity contribution >= 4 is 5.96 Å². The number of aryl methyl sites for hydroxylation is 1. The molecule has 4 rings (SSSR count). The molecule has 2 N–H and O–H groups in total. The third kappa shape index (κ3) is 3.81. The molecule has 0 aromatic carbocycles. The molecule has 4 heterocycles. The Labute approximate surface area is 138 Å². The van der Waals surface area contributed by atoms with E-state index in [1.54, 1.807) is 0 Å². The summed E-state index contributed by atoms with van der Waals surface area (Å²) in [5.41, 5.74) is 0. The van der Waals surface area contributed by atoms with Crippen molar-refractivity contribution in [3.8, 4) is 0 Å². The highest BCUT2D eigenvalue weighted by atomic mass is 15.4. The SMILES string of the molecule is CCNC(=NCc1nnc(C)n1C)NCC1CN2CCN1CC2. The quantitative estimate of drug-likeness (QED) is 0.545. The van der Waals surface area contributed by atoms with Gasteiger partial charge in [0.25, 0.3) is 0 Å². The van der Waals surface area contributed by atoms with E-state index >= 15 is 0 Å². The van der Waals surface area contributed by atoms with Crippen molar-refractivity contribution < 1.29 is 0 Å². The molecule has 0 saturated carbocycles. The van der Waals surface area contributed by atoms with Crippen molar-refractivity contribution in [2.45, 2.75) is 26.4 Å². The highest BCUT2D eigenvalue weighted by Crippen LogP contribution is 2.14. The average Bonchev–Trinajstić information content (AvgIpc) is 2.90. The van der Waals surface area contributed by atoms with Gasteiger partial charge in [0, 0.05) is 58.9 Å². The Balaban J connectivity index is 1.56. The molecule has 3 aliphatic heterocycles. The Bertz CT molecular complexity index is 544. The zero-order valence-corrected chi connectivity index (χ0v) is 14.4. The number of hydrogen-bond acceptors (Lipinski definition) is 5. The van der Waals surface area contributed by atoms with Crippen molar-refractivity contribution in [1.82, 2.24) is 35.2 Å². The fourth-order valence-electron chi connectivity index (χ4n) is 3.21. The predicted octanol–water partition coefficient (Wildman–Crippen LogP) is -0.822. The standard InChI is InChI=1S/C15H28N8/c1-4-16-15(18-10-14-20-19-12(2)21(14)3)17-9-13-11-22-5-7-23(13)8-6-22/h13H,4-11H2,1-3H3,(H2,16,17,18). The highest BCUT2D eigenvalue weighted by Gasteiger charge is 2.31. The van der Waals surface area contributed by atoms with Crippen LogP contribution in [0.15, 0.2) is 4.99 Å². The van der Waals surface area contributed by atoms with E-state index in [1.165, 1.54) is 26.2 Å². The molecule has 3 fully saturated rings. The van der Waals surface area contributed by atoms with Gasteiger partial charge in [-0.2, -0.15) is 0 Å². The lowest BCUT2D eigenvalue weighted by atomic mass is 10.1. The number of rotatable bonds is 5. The van der Waals surface area contributed by atoms with E-state index < -0.39 is 0 Å². The molecule has 0 spiro atoms. The largest absolute Gasteiger partial charge is 0.357 e. The minimum absolute atomic E-state index is 0.535. The van der Waals surface area contributed by atoms with Crippen LogP contribution in [0.4, 0.5) is 0 Å². The van der Waals surface area contributed by atoms with Gasteiger partial charge in [0.15, 0.2) is 11.8 Å². The monoisotopic (exact) mass is 320 g/mol. The summed E-state index contributed by atoms with van der Waals surface area (Å²) in [5.74, 6) is 2.64. The third-order valence-corrected chi connectivity index (χ3v) is 4.80. The van der Waals surface area contributed by atoms with Crippen LogP contribution in [0, 0.1) is 6.92 Å². The zero-order valence-electron chi connectivity index (χ0n) is 14.4. The fourth-order valence-corrected chi connectivity index (χ4v) is 3.21. The van der Waals surface area contributed by atoms with Crippen LogP contribution < -0.4 is 10.6 Å². The molecule has 0 radical (unpaired) electrons. The van der Waals surface area contributed by atoms with Gasteiger partial charge in [-0.05, 0) is 13.8 Å². The molecule has 2 bridgehead atoms. The summed E-state index contributed by atoms with van der Waals surface area (Å²) in [6.07, 6.45) is 0. The third-order valence-electron chi connectivity index (χ3n) is 4.80. The molecule has 3 aliphatic rings. The molecule has 23 heavy (non-hydrogen) atoms. The van der Waals surface area contributed by atoms with Gasteiger partial charge in [-0.1, -0.05) is 0 Å². The van der Waals surface area contributed by atoms with Gasteiger partial charge in [0.1, 0.15) is 12.4 Å². The molecule has 1 aromatic heterocycles. The first-order chi connectivity index (χ1) is 11.2. The van der Waals surface area contributed by atoms with Crippen molar-refractivity contribution in [2.24, 2.45) is 12.0 Å². The Kier molecular flexibility index (Phi) is 5.12. The lowest BCUT2D eigenvalue weighted by molar-refractivity contribution is 0.0154. The second kappa shape index (κ2) is 7.27. The van der Waals surface area contributed by atoms with Crippen LogP contribution in [0.5, 0.6) is 0 Å². The number of aromatic nitrogens is 3. The van der Waals surface area contributed by atoms with Crippen LogP contribution in [0.2, 0.25) is 0 Å². The van der Waals surface area contributed by atoms with Crippen LogP contribution in [0.3, 0.4) is 0 Å². The van der Waals surface area contributed by atoms with Crippen LogP contribution in [0.1, 0.15) is 18.6 Å². The average molecular weight is 320 g/mol. The van der Waals surface area contributed by atoms with E-state index in [4.69, 9.17) is 0 Å². The maximum Gasteiger partial charge on any atom is 0.191 e. The Morgan fingerprint density at radius 3 is 2.57 bits per heavy atom. The van der Waals surface area contributed by atoms with E-state index in [2.05, 4.69) is 42.5 Å². The summed E-state index contributed by atoms with van der Waals surface area (Å²) >= 11 is 0.